The second kappa shape index (κ2) is 4.55. The molecule has 0 spiro atoms. The Hall–Kier alpha value is -2.65. The number of anilines is 2. The Kier molecular flexibility index (Phi) is 3.07. The number of amides is 1. The molecule has 0 radical (unpaired) electrons. The third kappa shape index (κ3) is 2.97. The molecule has 0 atom stereocenters. The van der Waals surface area contributed by atoms with Crippen molar-refractivity contribution in [3.63, 3.8) is 0 Å². The fourth-order valence-corrected chi connectivity index (χ4v) is 1.11. The van der Waals surface area contributed by atoms with Crippen LogP contribution in [0.2, 0.25) is 0 Å². The molecular formula is C9H6F3N5O2. The van der Waals surface area contributed by atoms with Crippen LogP contribution >= 0.6 is 0 Å². The number of oxazole rings is 1. The van der Waals surface area contributed by atoms with Gasteiger partial charge in [-0.25, -0.2) is 9.97 Å². The third-order valence-corrected chi connectivity index (χ3v) is 1.92. The highest BCUT2D eigenvalue weighted by molar-refractivity contribution is 5.90. The van der Waals surface area contributed by atoms with E-state index in [4.69, 9.17) is 5.73 Å². The number of nitrogens with zero attached hydrogens (tertiary/aromatic N) is 3. The minimum atomic E-state index is -4.61. The van der Waals surface area contributed by atoms with Gasteiger partial charge >= 0.3 is 12.2 Å². The van der Waals surface area contributed by atoms with E-state index in [0.29, 0.717) is 6.26 Å². The molecule has 0 saturated carbocycles. The number of carbonyl (C=O) groups is 1. The quantitative estimate of drug-likeness (QED) is 0.873. The molecule has 0 aliphatic carbocycles. The number of alkyl halides is 3. The van der Waals surface area contributed by atoms with Crippen molar-refractivity contribution in [1.29, 1.82) is 0 Å². The number of hydrogen-bond donors (Lipinski definition) is 2. The average Bonchev–Trinajstić information content (AvgIpc) is 2.77. The second-order valence-electron chi connectivity index (χ2n) is 3.29. The summed E-state index contributed by atoms with van der Waals surface area (Å²) < 4.78 is 41.4. The summed E-state index contributed by atoms with van der Waals surface area (Å²) in [6, 6.07) is 0.804. The maximum Gasteiger partial charge on any atom is 0.436 e. The molecule has 100 valence electrons. The summed E-state index contributed by atoms with van der Waals surface area (Å²) in [7, 11) is 0. The van der Waals surface area contributed by atoms with Crippen molar-refractivity contribution in [3.05, 3.63) is 29.9 Å². The second-order valence-corrected chi connectivity index (χ2v) is 3.29. The highest BCUT2D eigenvalue weighted by atomic mass is 19.4. The molecule has 0 bridgehead atoms. The summed E-state index contributed by atoms with van der Waals surface area (Å²) in [5, 5.41) is 2.28. The lowest BCUT2D eigenvalue weighted by atomic mass is 10.4. The highest BCUT2D eigenvalue weighted by Crippen LogP contribution is 2.29. The van der Waals surface area contributed by atoms with E-state index in [2.05, 4.69) is 24.7 Å². The van der Waals surface area contributed by atoms with Crippen LogP contribution in [0.25, 0.3) is 0 Å². The van der Waals surface area contributed by atoms with Gasteiger partial charge in [0.25, 0.3) is 5.91 Å². The summed E-state index contributed by atoms with van der Waals surface area (Å²) in [5.41, 5.74) is 3.70. The summed E-state index contributed by atoms with van der Waals surface area (Å²) in [4.78, 5) is 21.3. The zero-order valence-corrected chi connectivity index (χ0v) is 9.10. The van der Waals surface area contributed by atoms with E-state index < -0.39 is 23.8 Å². The van der Waals surface area contributed by atoms with Crippen LogP contribution in [0.3, 0.4) is 0 Å². The van der Waals surface area contributed by atoms with Gasteiger partial charge in [0.15, 0.2) is 5.69 Å². The van der Waals surface area contributed by atoms with Gasteiger partial charge in [-0.1, -0.05) is 0 Å². The first kappa shape index (κ1) is 12.8. The molecule has 2 rings (SSSR count). The molecule has 2 aromatic rings. The molecular weight excluding hydrogens is 267 g/mol. The predicted molar refractivity (Wildman–Crippen MR) is 55.3 cm³/mol. The fourth-order valence-electron chi connectivity index (χ4n) is 1.11. The number of rotatable bonds is 3. The van der Waals surface area contributed by atoms with Crippen molar-refractivity contribution < 1.29 is 22.4 Å². The van der Waals surface area contributed by atoms with Gasteiger partial charge in [0.1, 0.15) is 12.0 Å². The largest absolute Gasteiger partial charge is 0.436 e. The van der Waals surface area contributed by atoms with Crippen LogP contribution in [0.1, 0.15) is 16.2 Å². The van der Waals surface area contributed by atoms with Crippen molar-refractivity contribution in [2.75, 3.05) is 5.32 Å². The first-order valence-corrected chi connectivity index (χ1v) is 4.79. The Morgan fingerprint density at radius 1 is 1.37 bits per heavy atom. The van der Waals surface area contributed by atoms with Gasteiger partial charge in [-0.3, -0.25) is 10.1 Å². The van der Waals surface area contributed by atoms with Gasteiger partial charge in [0, 0.05) is 6.20 Å². The molecule has 0 aliphatic rings. The number of aromatic nitrogens is 3. The van der Waals surface area contributed by atoms with Crippen molar-refractivity contribution in [3.8, 4) is 0 Å². The van der Waals surface area contributed by atoms with Crippen LogP contribution in [0.5, 0.6) is 0 Å². The van der Waals surface area contributed by atoms with Gasteiger partial charge in [-0.2, -0.15) is 18.2 Å². The number of primary amides is 1. The van der Waals surface area contributed by atoms with E-state index in [0.717, 1.165) is 0 Å². The lowest BCUT2D eigenvalue weighted by Gasteiger charge is -2.01. The monoisotopic (exact) mass is 273 g/mol. The Bertz CT molecular complexity index is 610. The Labute approximate surface area is 103 Å². The molecule has 0 unspecified atom stereocenters. The number of nitrogens with one attached hydrogen (secondary N) is 1. The molecule has 1 amide bonds. The molecule has 0 fully saturated rings. The number of halogens is 3. The Balaban J connectivity index is 2.19. The summed E-state index contributed by atoms with van der Waals surface area (Å²) in [5.74, 6) is -0.958. The van der Waals surface area contributed by atoms with Crippen LogP contribution in [0, 0.1) is 0 Å². The van der Waals surface area contributed by atoms with Crippen LogP contribution in [0.15, 0.2) is 22.9 Å². The predicted octanol–water partition coefficient (Wildman–Crippen LogP) is 1.33. The molecule has 2 heterocycles. The van der Waals surface area contributed by atoms with E-state index in [1.54, 1.807) is 0 Å². The molecule has 19 heavy (non-hydrogen) atoms. The minimum Gasteiger partial charge on any atom is -0.431 e. The topological polar surface area (TPSA) is 107 Å². The van der Waals surface area contributed by atoms with Crippen LogP contribution in [-0.2, 0) is 6.18 Å². The SMILES string of the molecule is NC(=O)c1ccnc(Nc2nc(C(F)(F)F)co2)n1. The van der Waals surface area contributed by atoms with Gasteiger partial charge in [-0.05, 0) is 6.07 Å². The number of carbonyl (C=O) groups excluding carboxylic acids is 1. The number of hydrogen-bond acceptors (Lipinski definition) is 6. The van der Waals surface area contributed by atoms with Crippen molar-refractivity contribution in [1.82, 2.24) is 15.0 Å². The summed E-state index contributed by atoms with van der Waals surface area (Å²) >= 11 is 0. The van der Waals surface area contributed by atoms with E-state index in [9.17, 15) is 18.0 Å². The van der Waals surface area contributed by atoms with Gasteiger partial charge in [-0.15, -0.1) is 0 Å². The third-order valence-electron chi connectivity index (χ3n) is 1.92. The van der Waals surface area contributed by atoms with Gasteiger partial charge in [0.2, 0.25) is 5.95 Å². The van der Waals surface area contributed by atoms with Crippen molar-refractivity contribution in [2.45, 2.75) is 6.18 Å². The first-order valence-electron chi connectivity index (χ1n) is 4.79. The fraction of sp³-hybridized carbons (Fsp3) is 0.111. The first-order chi connectivity index (χ1) is 8.86. The zero-order chi connectivity index (χ0) is 14.0. The number of nitrogens with two attached hydrogens (primary N) is 1. The van der Waals surface area contributed by atoms with E-state index in [1.165, 1.54) is 12.3 Å². The molecule has 0 aliphatic heterocycles. The molecule has 7 nitrogen and oxygen atoms in total. The smallest absolute Gasteiger partial charge is 0.431 e. The summed E-state index contributed by atoms with van der Waals surface area (Å²) in [6.45, 7) is 0. The van der Waals surface area contributed by atoms with Gasteiger partial charge < -0.3 is 10.2 Å². The maximum absolute atomic E-state index is 12.3. The Morgan fingerprint density at radius 3 is 2.68 bits per heavy atom. The standard InChI is InChI=1S/C9H6F3N5O2/c10-9(11,12)5-3-19-8(16-5)17-7-14-2-1-4(15-7)6(13)18/h1-3H,(H2,13,18)(H,14,15,16,17). The molecule has 3 N–H and O–H groups in total. The molecule has 2 aromatic heterocycles. The average molecular weight is 273 g/mol. The van der Waals surface area contributed by atoms with Crippen LogP contribution < -0.4 is 11.1 Å². The minimum absolute atomic E-state index is 0.0971. The van der Waals surface area contributed by atoms with Crippen LogP contribution in [-0.4, -0.2) is 20.9 Å². The lowest BCUT2D eigenvalue weighted by Crippen LogP contribution is -2.14. The van der Waals surface area contributed by atoms with E-state index in [1.807, 2.05) is 0 Å². The van der Waals surface area contributed by atoms with Crippen LogP contribution in [0.4, 0.5) is 25.1 Å². The van der Waals surface area contributed by atoms with Gasteiger partial charge in [0.05, 0.1) is 0 Å². The summed E-state index contributed by atoms with van der Waals surface area (Å²) in [6.07, 6.45) is -2.96. The lowest BCUT2D eigenvalue weighted by molar-refractivity contribution is -0.141. The van der Waals surface area contributed by atoms with E-state index in [-0.39, 0.29) is 11.6 Å². The van der Waals surface area contributed by atoms with Crippen molar-refractivity contribution in [2.24, 2.45) is 5.73 Å². The normalized spacial score (nSPS) is 11.3. The van der Waals surface area contributed by atoms with E-state index >= 15 is 0 Å². The molecule has 0 saturated heterocycles. The zero-order valence-electron chi connectivity index (χ0n) is 9.10. The Morgan fingerprint density at radius 2 is 2.11 bits per heavy atom. The van der Waals surface area contributed by atoms with Crippen molar-refractivity contribution >= 4 is 17.9 Å². The maximum atomic E-state index is 12.3. The molecule has 10 heteroatoms. The highest BCUT2D eigenvalue weighted by Gasteiger charge is 2.34. The molecule has 0 aromatic carbocycles.